The van der Waals surface area contributed by atoms with E-state index in [1.54, 1.807) is 4.57 Å². The van der Waals surface area contributed by atoms with Gasteiger partial charge in [-0.1, -0.05) is 43.3 Å². The summed E-state index contributed by atoms with van der Waals surface area (Å²) in [5.41, 5.74) is 4.05. The molecule has 3 heterocycles. The van der Waals surface area contributed by atoms with Crippen molar-refractivity contribution in [1.82, 2.24) is 14.5 Å². The van der Waals surface area contributed by atoms with Crippen LogP contribution < -0.4 is 0 Å². The van der Waals surface area contributed by atoms with Crippen LogP contribution in [0.15, 0.2) is 61.1 Å². The fraction of sp³-hybridized carbons (Fsp3) is 0.321. The largest absolute Gasteiger partial charge is 0.294 e. The lowest BCUT2D eigenvalue weighted by Gasteiger charge is -2.20. The van der Waals surface area contributed by atoms with Crippen molar-refractivity contribution in [2.75, 3.05) is 11.5 Å². The van der Waals surface area contributed by atoms with E-state index in [1.807, 2.05) is 31.3 Å². The molecular weight excluding hydrogens is 477 g/mol. The van der Waals surface area contributed by atoms with E-state index >= 15 is 0 Å². The van der Waals surface area contributed by atoms with Crippen molar-refractivity contribution in [3.05, 3.63) is 78.0 Å². The molecule has 2 aromatic heterocycles. The molecule has 6 rings (SSSR count). The highest BCUT2D eigenvalue weighted by Gasteiger charge is 2.40. The van der Waals surface area contributed by atoms with E-state index in [4.69, 9.17) is 0 Å². The van der Waals surface area contributed by atoms with Gasteiger partial charge in [0, 0.05) is 29.1 Å². The van der Waals surface area contributed by atoms with Crippen molar-refractivity contribution in [1.29, 1.82) is 0 Å². The molecule has 0 amide bonds. The maximum atomic E-state index is 13.5. The minimum absolute atomic E-state index is 0.0370. The van der Waals surface area contributed by atoms with Crippen LogP contribution in [0.1, 0.15) is 54.4 Å². The van der Waals surface area contributed by atoms with Gasteiger partial charge in [-0.3, -0.25) is 9.36 Å². The molecule has 2 aliphatic rings. The molecule has 1 atom stereocenters. The van der Waals surface area contributed by atoms with Gasteiger partial charge < -0.3 is 0 Å². The number of sulfone groups is 1. The molecule has 0 bridgehead atoms. The van der Waals surface area contributed by atoms with Crippen LogP contribution in [0, 0.1) is 11.2 Å². The molecule has 6 nitrogen and oxygen atoms in total. The van der Waals surface area contributed by atoms with Crippen molar-refractivity contribution in [2.24, 2.45) is 5.41 Å². The smallest absolute Gasteiger partial charge is 0.234 e. The summed E-state index contributed by atoms with van der Waals surface area (Å²) in [6.07, 6.45) is 7.26. The van der Waals surface area contributed by atoms with Gasteiger partial charge in [-0.15, -0.1) is 0 Å². The fourth-order valence-corrected chi connectivity index (χ4v) is 7.57. The van der Waals surface area contributed by atoms with Gasteiger partial charge in [0.25, 0.3) is 0 Å². The Morgan fingerprint density at radius 3 is 2.61 bits per heavy atom. The predicted octanol–water partition coefficient (Wildman–Crippen LogP) is 5.50. The molecule has 4 aromatic rings. The zero-order chi connectivity index (χ0) is 25.1. The topological polar surface area (TPSA) is 81.9 Å². The molecule has 0 radical (unpaired) electrons. The van der Waals surface area contributed by atoms with Gasteiger partial charge in [0.1, 0.15) is 0 Å². The van der Waals surface area contributed by atoms with E-state index in [1.165, 1.54) is 18.4 Å². The molecule has 184 valence electrons. The molecular formula is C28H26FN3O3S. The molecule has 2 fully saturated rings. The lowest BCUT2D eigenvalue weighted by atomic mass is 9.83. The van der Waals surface area contributed by atoms with Crippen molar-refractivity contribution in [3.63, 3.8) is 0 Å². The molecule has 0 spiro atoms. The van der Waals surface area contributed by atoms with Gasteiger partial charge in [-0.05, 0) is 47.8 Å². The summed E-state index contributed by atoms with van der Waals surface area (Å²) in [7, 11) is -3.10. The molecule has 1 saturated carbocycles. The minimum Gasteiger partial charge on any atom is -0.294 e. The Bertz CT molecular complexity index is 1610. The average Bonchev–Trinajstić information content (AvgIpc) is 3.58. The number of carbonyl (C=O) groups excluding carboxylic acids is 1. The molecule has 0 N–H and O–H groups in total. The van der Waals surface area contributed by atoms with Crippen molar-refractivity contribution in [2.45, 2.75) is 38.5 Å². The van der Waals surface area contributed by atoms with Crippen LogP contribution >= 0.6 is 0 Å². The van der Waals surface area contributed by atoms with E-state index < -0.39 is 21.1 Å². The maximum Gasteiger partial charge on any atom is 0.234 e. The van der Waals surface area contributed by atoms with E-state index in [0.29, 0.717) is 23.9 Å². The highest BCUT2D eigenvalue weighted by Crippen LogP contribution is 2.42. The number of aromatic nitrogens is 3. The van der Waals surface area contributed by atoms with Crippen LogP contribution in [0.25, 0.3) is 28.0 Å². The second-order valence-corrected chi connectivity index (χ2v) is 12.7. The summed E-state index contributed by atoms with van der Waals surface area (Å²) in [5, 5.41) is 0.932. The van der Waals surface area contributed by atoms with E-state index in [-0.39, 0.29) is 23.7 Å². The van der Waals surface area contributed by atoms with Gasteiger partial charge in [-0.25, -0.2) is 22.8 Å². The highest BCUT2D eigenvalue weighted by molar-refractivity contribution is 7.91. The average molecular weight is 504 g/mol. The number of rotatable bonds is 6. The summed E-state index contributed by atoms with van der Waals surface area (Å²) in [6.45, 7) is 1.87. The van der Waals surface area contributed by atoms with Crippen LogP contribution in [0.3, 0.4) is 0 Å². The number of fused-ring (bicyclic) bond motifs is 1. The number of Topliss-reactive ketones (excluding diaryl/α,β-unsaturated/α-hetero) is 1. The Balaban J connectivity index is 1.44. The van der Waals surface area contributed by atoms with E-state index in [9.17, 15) is 17.6 Å². The quantitative estimate of drug-likeness (QED) is 0.325. The predicted molar refractivity (Wildman–Crippen MR) is 137 cm³/mol. The number of ketones is 1. The number of benzene rings is 2. The number of carbonyl (C=O) groups is 1. The van der Waals surface area contributed by atoms with Crippen LogP contribution in [0.4, 0.5) is 4.39 Å². The second kappa shape index (κ2) is 8.34. The lowest BCUT2D eigenvalue weighted by Crippen LogP contribution is -2.22. The Morgan fingerprint density at radius 1 is 1.14 bits per heavy atom. The second-order valence-electron chi connectivity index (χ2n) is 10.5. The molecule has 8 heteroatoms. The normalized spacial score (nSPS) is 21.2. The van der Waals surface area contributed by atoms with Crippen molar-refractivity contribution in [3.8, 4) is 17.1 Å². The number of hydrogen-bond acceptors (Lipinski definition) is 5. The number of hydrogen-bond donors (Lipinski definition) is 0. The van der Waals surface area contributed by atoms with Crippen LogP contribution in [0.2, 0.25) is 0 Å². The highest BCUT2D eigenvalue weighted by atomic mass is 32.2. The van der Waals surface area contributed by atoms with Crippen LogP contribution in [-0.4, -0.2) is 40.2 Å². The first-order valence-corrected chi connectivity index (χ1v) is 14.0. The molecule has 1 unspecified atom stereocenters. The molecule has 36 heavy (non-hydrogen) atoms. The van der Waals surface area contributed by atoms with Gasteiger partial charge >= 0.3 is 0 Å². The Morgan fingerprint density at radius 2 is 1.92 bits per heavy atom. The third-order valence-corrected chi connectivity index (χ3v) is 9.33. The zero-order valence-electron chi connectivity index (χ0n) is 19.9. The Hall–Kier alpha value is -3.39. The molecule has 1 aliphatic carbocycles. The van der Waals surface area contributed by atoms with Crippen molar-refractivity contribution >= 4 is 26.5 Å². The third-order valence-electron chi connectivity index (χ3n) is 7.37. The van der Waals surface area contributed by atoms with Gasteiger partial charge in [-0.2, -0.15) is 0 Å². The van der Waals surface area contributed by atoms with Crippen LogP contribution in [0.5, 0.6) is 0 Å². The monoisotopic (exact) mass is 503 g/mol. The zero-order valence-corrected chi connectivity index (χ0v) is 20.8. The summed E-state index contributed by atoms with van der Waals surface area (Å²) in [5.74, 6) is 0.469. The van der Waals surface area contributed by atoms with Gasteiger partial charge in [0.15, 0.2) is 21.4 Å². The number of halogens is 1. The fourth-order valence-electron chi connectivity index (χ4n) is 5.31. The molecule has 1 saturated heterocycles. The summed E-state index contributed by atoms with van der Waals surface area (Å²) < 4.78 is 39.4. The standard InChI is InChI=1S/C28H26FN3O3S/c1-28(9-10-36(34,35)17-28)13-26(33)21-7-8-23-24(20-4-2-3-19(11-20)18-5-6-18)16-32(25(23)12-21)27-30-14-22(29)15-31-27/h2-4,7-8,11-12,14-16,18H,5-6,9-10,13,17H2,1H3. The van der Waals surface area contributed by atoms with Crippen molar-refractivity contribution < 1.29 is 17.6 Å². The summed E-state index contributed by atoms with van der Waals surface area (Å²) in [4.78, 5) is 21.6. The Kier molecular flexibility index (Phi) is 5.33. The van der Waals surface area contributed by atoms with E-state index in [2.05, 4.69) is 34.2 Å². The SMILES string of the molecule is CC1(CC(=O)c2ccc3c(-c4cccc(C5CC5)c4)cn(-c4ncc(F)cn4)c3c2)CCS(=O)(=O)C1. The first kappa shape index (κ1) is 23.0. The van der Waals surface area contributed by atoms with Crippen LogP contribution in [-0.2, 0) is 9.84 Å². The molecule has 1 aliphatic heterocycles. The summed E-state index contributed by atoms with van der Waals surface area (Å²) >= 11 is 0. The van der Waals surface area contributed by atoms with Gasteiger partial charge in [0.05, 0.1) is 29.4 Å². The third kappa shape index (κ3) is 4.34. The Labute approximate surface area is 209 Å². The summed E-state index contributed by atoms with van der Waals surface area (Å²) in [6, 6.07) is 14.0. The van der Waals surface area contributed by atoms with E-state index in [0.717, 1.165) is 34.4 Å². The first-order valence-electron chi connectivity index (χ1n) is 12.2. The maximum absolute atomic E-state index is 13.5. The van der Waals surface area contributed by atoms with Gasteiger partial charge in [0.2, 0.25) is 5.95 Å². The number of nitrogens with zero attached hydrogens (tertiary/aromatic N) is 3. The minimum atomic E-state index is -3.10. The first-order chi connectivity index (χ1) is 17.2. The lowest BCUT2D eigenvalue weighted by molar-refractivity contribution is 0.0934. The molecule has 2 aromatic carbocycles.